The number of rotatable bonds is 9. The van der Waals surface area contributed by atoms with E-state index in [9.17, 15) is 10.1 Å². The highest BCUT2D eigenvalue weighted by Gasteiger charge is 2.12. The van der Waals surface area contributed by atoms with E-state index in [-0.39, 0.29) is 5.97 Å². The first-order valence-electron chi connectivity index (χ1n) is 9.01. The number of nitriles is 1. The van der Waals surface area contributed by atoms with E-state index in [0.29, 0.717) is 23.4 Å². The van der Waals surface area contributed by atoms with Crippen molar-refractivity contribution in [3.8, 4) is 11.8 Å². The number of esters is 1. The highest BCUT2D eigenvalue weighted by molar-refractivity contribution is 7.71. The van der Waals surface area contributed by atoms with Crippen LogP contribution >= 0.6 is 12.2 Å². The number of carbonyl (C=O) groups excluding carboxylic acids is 1. The van der Waals surface area contributed by atoms with E-state index in [0.717, 1.165) is 47.9 Å². The van der Waals surface area contributed by atoms with Gasteiger partial charge in [-0.15, -0.1) is 0 Å². The Balaban J connectivity index is 2.02. The van der Waals surface area contributed by atoms with Gasteiger partial charge < -0.3 is 14.0 Å². The lowest BCUT2D eigenvalue weighted by Crippen LogP contribution is -2.04. The highest BCUT2D eigenvalue weighted by atomic mass is 32.1. The maximum Gasteiger partial charge on any atom is 0.330 e. The summed E-state index contributed by atoms with van der Waals surface area (Å²) in [6.45, 7) is 6.37. The summed E-state index contributed by atoms with van der Waals surface area (Å²) in [6, 6.07) is 8.13. The Bertz CT molecular complexity index is 941. The Morgan fingerprint density at radius 2 is 2.07 bits per heavy atom. The van der Waals surface area contributed by atoms with Crippen LogP contribution in [0, 0.1) is 16.0 Å². The predicted octanol–water partition coefficient (Wildman–Crippen LogP) is 4.62. The zero-order chi connectivity index (χ0) is 19.8. The van der Waals surface area contributed by atoms with Gasteiger partial charge in [0.05, 0.1) is 24.3 Å². The molecular weight excluding hydrogens is 360 g/mol. The first-order chi connectivity index (χ1) is 13.0. The zero-order valence-electron chi connectivity index (χ0n) is 15.8. The molecule has 0 bridgehead atoms. The van der Waals surface area contributed by atoms with Crippen LogP contribution in [0.2, 0.25) is 0 Å². The second kappa shape index (κ2) is 9.89. The van der Waals surface area contributed by atoms with Crippen molar-refractivity contribution in [1.82, 2.24) is 4.57 Å². The van der Waals surface area contributed by atoms with Crippen molar-refractivity contribution in [2.24, 2.45) is 7.05 Å². The van der Waals surface area contributed by atoms with Crippen molar-refractivity contribution in [1.29, 1.82) is 5.26 Å². The third kappa shape index (κ3) is 4.95. The quantitative estimate of drug-likeness (QED) is 0.273. The molecule has 0 saturated heterocycles. The summed E-state index contributed by atoms with van der Waals surface area (Å²) in [5.74, 6) is 0.389. The lowest BCUT2D eigenvalue weighted by Gasteiger charge is -2.14. The molecule has 1 aromatic carbocycles. The van der Waals surface area contributed by atoms with E-state index < -0.39 is 0 Å². The average molecular weight is 385 g/mol. The number of hydrogen-bond donors (Lipinski definition) is 0. The Morgan fingerprint density at radius 1 is 1.33 bits per heavy atom. The monoisotopic (exact) mass is 384 g/mol. The van der Waals surface area contributed by atoms with Crippen LogP contribution in [0.4, 0.5) is 0 Å². The molecule has 0 amide bonds. The highest BCUT2D eigenvalue weighted by Crippen LogP contribution is 2.27. The molecule has 0 atom stereocenters. The molecule has 5 nitrogen and oxygen atoms in total. The molecule has 0 aliphatic carbocycles. The number of fused-ring (bicyclic) bond motifs is 1. The predicted molar refractivity (Wildman–Crippen MR) is 108 cm³/mol. The van der Waals surface area contributed by atoms with Crippen molar-refractivity contribution in [2.75, 3.05) is 13.2 Å². The molecular formula is C21H24N2O3S. The van der Waals surface area contributed by atoms with Gasteiger partial charge in [-0.1, -0.05) is 25.7 Å². The third-order valence-corrected chi connectivity index (χ3v) is 4.89. The Labute approximate surface area is 164 Å². The van der Waals surface area contributed by atoms with Gasteiger partial charge in [0, 0.05) is 24.6 Å². The van der Waals surface area contributed by atoms with E-state index in [1.807, 2.05) is 36.7 Å². The molecule has 2 rings (SSSR count). The van der Waals surface area contributed by atoms with Gasteiger partial charge in [-0.2, -0.15) is 5.26 Å². The van der Waals surface area contributed by atoms with E-state index in [1.54, 1.807) is 0 Å². The summed E-state index contributed by atoms with van der Waals surface area (Å²) in [5, 5.41) is 10.5. The standard InChI is InChI=1S/C21H24N2O3S/c1-4-16-17-10-9-15(13-19(17)23(3)21(27)18(16)14-22)25-11-7-6-8-12-26-20(24)5-2/h5,9-10,13H,2,4,6-8,11-12H2,1,3H3. The first-order valence-corrected chi connectivity index (χ1v) is 9.42. The number of aryl methyl sites for hydroxylation is 2. The van der Waals surface area contributed by atoms with Gasteiger partial charge in [-0.05, 0) is 43.4 Å². The van der Waals surface area contributed by atoms with Gasteiger partial charge in [-0.3, -0.25) is 0 Å². The van der Waals surface area contributed by atoms with Crippen LogP contribution in [0.5, 0.6) is 5.75 Å². The maximum atomic E-state index is 10.9. The summed E-state index contributed by atoms with van der Waals surface area (Å²) in [4.78, 5) is 10.9. The van der Waals surface area contributed by atoms with E-state index >= 15 is 0 Å². The lowest BCUT2D eigenvalue weighted by molar-refractivity contribution is -0.137. The summed E-state index contributed by atoms with van der Waals surface area (Å²) in [5.41, 5.74) is 2.52. The van der Waals surface area contributed by atoms with Gasteiger partial charge in [0.25, 0.3) is 0 Å². The number of hydrogen-bond acceptors (Lipinski definition) is 5. The minimum atomic E-state index is -0.387. The van der Waals surface area contributed by atoms with Crippen molar-refractivity contribution in [3.05, 3.63) is 46.6 Å². The summed E-state index contributed by atoms with van der Waals surface area (Å²) in [7, 11) is 1.87. The van der Waals surface area contributed by atoms with E-state index in [4.69, 9.17) is 21.7 Å². The normalized spacial score (nSPS) is 10.4. The largest absolute Gasteiger partial charge is 0.494 e. The lowest BCUT2D eigenvalue weighted by atomic mass is 10.0. The topological polar surface area (TPSA) is 64.2 Å². The second-order valence-corrected chi connectivity index (χ2v) is 6.53. The SMILES string of the molecule is C=CC(=O)OCCCCCOc1ccc2c(CC)c(C#N)c(=S)n(C)c2c1. The molecule has 0 saturated carbocycles. The summed E-state index contributed by atoms with van der Waals surface area (Å²) in [6.07, 6.45) is 4.50. The van der Waals surface area contributed by atoms with Gasteiger partial charge in [0.2, 0.25) is 0 Å². The molecule has 0 radical (unpaired) electrons. The van der Waals surface area contributed by atoms with Crippen LogP contribution in [0.1, 0.15) is 37.3 Å². The van der Waals surface area contributed by atoms with Gasteiger partial charge in [0.1, 0.15) is 16.5 Å². The molecule has 1 heterocycles. The van der Waals surface area contributed by atoms with E-state index in [1.165, 1.54) is 6.08 Å². The first kappa shape index (κ1) is 20.7. The van der Waals surface area contributed by atoms with Crippen LogP contribution in [0.25, 0.3) is 10.9 Å². The number of pyridine rings is 1. The van der Waals surface area contributed by atoms with Crippen LogP contribution in [0.15, 0.2) is 30.9 Å². The molecule has 0 unspecified atom stereocenters. The van der Waals surface area contributed by atoms with Crippen molar-refractivity contribution in [3.63, 3.8) is 0 Å². The molecule has 0 N–H and O–H groups in total. The molecule has 0 aliphatic rings. The molecule has 0 aliphatic heterocycles. The Kier molecular flexibility index (Phi) is 7.56. The Hall–Kier alpha value is -2.65. The number of benzene rings is 1. The summed E-state index contributed by atoms with van der Waals surface area (Å²) >= 11 is 5.45. The molecule has 0 fully saturated rings. The number of carbonyl (C=O) groups is 1. The molecule has 142 valence electrons. The molecule has 0 spiro atoms. The molecule has 1 aromatic heterocycles. The van der Waals surface area contributed by atoms with Crippen LogP contribution < -0.4 is 4.74 Å². The van der Waals surface area contributed by atoms with Crippen molar-refractivity contribution < 1.29 is 14.3 Å². The number of unbranched alkanes of at least 4 members (excludes halogenated alkanes) is 2. The minimum Gasteiger partial charge on any atom is -0.494 e. The minimum absolute atomic E-state index is 0.387. The molecule has 2 aromatic rings. The molecule has 6 heteroatoms. The van der Waals surface area contributed by atoms with Crippen LogP contribution in [-0.4, -0.2) is 23.8 Å². The van der Waals surface area contributed by atoms with Gasteiger partial charge in [-0.25, -0.2) is 4.79 Å². The van der Waals surface area contributed by atoms with Crippen molar-refractivity contribution >= 4 is 29.1 Å². The zero-order valence-corrected chi connectivity index (χ0v) is 16.6. The molecule has 27 heavy (non-hydrogen) atoms. The van der Waals surface area contributed by atoms with Gasteiger partial charge in [0.15, 0.2) is 0 Å². The fourth-order valence-electron chi connectivity index (χ4n) is 2.96. The Morgan fingerprint density at radius 3 is 2.74 bits per heavy atom. The number of aromatic nitrogens is 1. The number of ether oxygens (including phenoxy) is 2. The van der Waals surface area contributed by atoms with Crippen LogP contribution in [-0.2, 0) is 23.0 Å². The smallest absolute Gasteiger partial charge is 0.330 e. The number of nitrogens with zero attached hydrogens (tertiary/aromatic N) is 2. The van der Waals surface area contributed by atoms with Gasteiger partial charge >= 0.3 is 5.97 Å². The third-order valence-electron chi connectivity index (χ3n) is 4.41. The van der Waals surface area contributed by atoms with E-state index in [2.05, 4.69) is 12.6 Å². The van der Waals surface area contributed by atoms with Crippen molar-refractivity contribution in [2.45, 2.75) is 32.6 Å². The second-order valence-electron chi connectivity index (χ2n) is 6.14. The maximum absolute atomic E-state index is 10.9. The van der Waals surface area contributed by atoms with Crippen LogP contribution in [0.3, 0.4) is 0 Å². The fraction of sp³-hybridized carbons (Fsp3) is 0.381. The summed E-state index contributed by atoms with van der Waals surface area (Å²) < 4.78 is 13.2. The average Bonchev–Trinajstić information content (AvgIpc) is 2.69. The fourth-order valence-corrected chi connectivity index (χ4v) is 3.23.